The van der Waals surface area contributed by atoms with Crippen LogP contribution in [0.4, 0.5) is 0 Å². The van der Waals surface area contributed by atoms with Crippen LogP contribution < -0.4 is 0 Å². The summed E-state index contributed by atoms with van der Waals surface area (Å²) in [6.07, 6.45) is 0. The van der Waals surface area contributed by atoms with Gasteiger partial charge in [-0.3, -0.25) is 0 Å². The lowest BCUT2D eigenvalue weighted by atomic mass is 10.4. The van der Waals surface area contributed by atoms with Crippen molar-refractivity contribution in [2.75, 3.05) is 0 Å². The fourth-order valence-electron chi connectivity index (χ4n) is 1.16. The van der Waals surface area contributed by atoms with Gasteiger partial charge in [-0.25, -0.2) is 9.50 Å². The minimum absolute atomic E-state index is 0.802. The van der Waals surface area contributed by atoms with E-state index in [0.717, 1.165) is 21.6 Å². The zero-order valence-corrected chi connectivity index (χ0v) is 8.46. The van der Waals surface area contributed by atoms with Gasteiger partial charge in [-0.05, 0) is 41.9 Å². The largest absolute Gasteiger partial charge is 0.217 e. The molecule has 62 valence electrons. The van der Waals surface area contributed by atoms with E-state index in [0.29, 0.717) is 0 Å². The summed E-state index contributed by atoms with van der Waals surface area (Å²) in [6, 6.07) is 3.93. The average molecular weight is 226 g/mol. The predicted octanol–water partition coefficient (Wildman–Crippen LogP) is 2.11. The van der Waals surface area contributed by atoms with Crippen LogP contribution in [-0.2, 0) is 0 Å². The Kier molecular flexibility index (Phi) is 1.65. The average Bonchev–Trinajstić information content (AvgIpc) is 2.39. The van der Waals surface area contributed by atoms with Crippen molar-refractivity contribution in [3.8, 4) is 0 Å². The fourth-order valence-corrected chi connectivity index (χ4v) is 1.46. The Balaban J connectivity index is 2.89. The molecule has 0 spiro atoms. The monoisotopic (exact) mass is 225 g/mol. The third kappa shape index (κ3) is 1.03. The maximum absolute atomic E-state index is 4.25. The lowest BCUT2D eigenvalue weighted by Gasteiger charge is -1.98. The first-order chi connectivity index (χ1) is 5.68. The van der Waals surface area contributed by atoms with Crippen LogP contribution in [0, 0.1) is 13.8 Å². The number of pyridine rings is 1. The predicted molar refractivity (Wildman–Crippen MR) is 50.2 cm³/mol. The number of hydrogen-bond acceptors (Lipinski definition) is 2. The van der Waals surface area contributed by atoms with Crippen molar-refractivity contribution < 1.29 is 0 Å². The van der Waals surface area contributed by atoms with E-state index in [1.165, 1.54) is 0 Å². The maximum atomic E-state index is 4.25. The molecule has 0 aliphatic carbocycles. The highest BCUT2D eigenvalue weighted by atomic mass is 79.9. The molecular formula is C8H8BrN3. The Bertz CT molecular complexity index is 433. The van der Waals surface area contributed by atoms with E-state index in [2.05, 4.69) is 26.0 Å². The summed E-state index contributed by atoms with van der Waals surface area (Å²) in [5, 5.41) is 4.25. The molecule has 2 heterocycles. The molecule has 0 N–H and O–H groups in total. The highest BCUT2D eigenvalue weighted by Crippen LogP contribution is 2.16. The van der Waals surface area contributed by atoms with Crippen molar-refractivity contribution in [1.82, 2.24) is 14.6 Å². The number of hydrogen-bond donors (Lipinski definition) is 0. The first-order valence-corrected chi connectivity index (χ1v) is 4.46. The molecule has 0 radical (unpaired) electrons. The summed E-state index contributed by atoms with van der Waals surface area (Å²) >= 11 is 3.44. The molecule has 3 nitrogen and oxygen atoms in total. The molecule has 2 aromatic rings. The van der Waals surface area contributed by atoms with Crippen LogP contribution in [-0.4, -0.2) is 14.6 Å². The van der Waals surface area contributed by atoms with Crippen LogP contribution in [0.25, 0.3) is 5.65 Å². The van der Waals surface area contributed by atoms with Crippen molar-refractivity contribution in [2.45, 2.75) is 13.8 Å². The van der Waals surface area contributed by atoms with E-state index in [1.54, 1.807) is 0 Å². The zero-order chi connectivity index (χ0) is 8.72. The van der Waals surface area contributed by atoms with Crippen LogP contribution in [0.2, 0.25) is 0 Å². The normalized spacial score (nSPS) is 10.9. The molecule has 0 unspecified atom stereocenters. The van der Waals surface area contributed by atoms with Crippen LogP contribution in [0.3, 0.4) is 0 Å². The van der Waals surface area contributed by atoms with Gasteiger partial charge in [0, 0.05) is 4.47 Å². The van der Waals surface area contributed by atoms with Gasteiger partial charge in [-0.15, -0.1) is 0 Å². The third-order valence-corrected chi connectivity index (χ3v) is 2.62. The van der Waals surface area contributed by atoms with Crippen molar-refractivity contribution in [3.05, 3.63) is 28.1 Å². The number of nitrogens with zero attached hydrogens (tertiary/aromatic N) is 3. The van der Waals surface area contributed by atoms with Gasteiger partial charge < -0.3 is 0 Å². The van der Waals surface area contributed by atoms with Crippen molar-refractivity contribution >= 4 is 21.6 Å². The Morgan fingerprint density at radius 3 is 2.83 bits per heavy atom. The fraction of sp³-hybridized carbons (Fsp3) is 0.250. The van der Waals surface area contributed by atoms with Gasteiger partial charge >= 0.3 is 0 Å². The van der Waals surface area contributed by atoms with Crippen LogP contribution >= 0.6 is 15.9 Å². The Morgan fingerprint density at radius 1 is 1.33 bits per heavy atom. The molecule has 0 atom stereocenters. The summed E-state index contributed by atoms with van der Waals surface area (Å²) < 4.78 is 2.89. The van der Waals surface area contributed by atoms with E-state index < -0.39 is 0 Å². The smallest absolute Gasteiger partial charge is 0.155 e. The van der Waals surface area contributed by atoms with Gasteiger partial charge in [0.2, 0.25) is 0 Å². The first-order valence-electron chi connectivity index (χ1n) is 3.67. The molecule has 0 fully saturated rings. The van der Waals surface area contributed by atoms with E-state index in [4.69, 9.17) is 0 Å². The number of halogens is 1. The van der Waals surface area contributed by atoms with E-state index in [-0.39, 0.29) is 0 Å². The molecule has 0 aromatic carbocycles. The van der Waals surface area contributed by atoms with Gasteiger partial charge in [-0.1, -0.05) is 0 Å². The summed E-state index contributed by atoms with van der Waals surface area (Å²) in [4.78, 5) is 4.25. The maximum Gasteiger partial charge on any atom is 0.155 e. The molecule has 2 aromatic heterocycles. The second-order valence-electron chi connectivity index (χ2n) is 2.70. The Hall–Kier alpha value is -0.900. The topological polar surface area (TPSA) is 30.2 Å². The highest BCUT2D eigenvalue weighted by Gasteiger charge is 2.03. The molecular weight excluding hydrogens is 218 g/mol. The Labute approximate surface area is 78.6 Å². The first kappa shape index (κ1) is 7.73. The minimum atomic E-state index is 0.802. The Morgan fingerprint density at radius 2 is 2.08 bits per heavy atom. The molecule has 0 saturated heterocycles. The van der Waals surface area contributed by atoms with E-state index >= 15 is 0 Å². The second-order valence-corrected chi connectivity index (χ2v) is 3.55. The highest BCUT2D eigenvalue weighted by molar-refractivity contribution is 9.10. The lowest BCUT2D eigenvalue weighted by molar-refractivity contribution is 0.886. The molecule has 0 saturated carbocycles. The van der Waals surface area contributed by atoms with Crippen LogP contribution in [0.15, 0.2) is 16.6 Å². The van der Waals surface area contributed by atoms with E-state index in [9.17, 15) is 0 Å². The molecule has 2 rings (SSSR count). The zero-order valence-electron chi connectivity index (χ0n) is 6.87. The molecule has 0 aliphatic heterocycles. The van der Waals surface area contributed by atoms with Gasteiger partial charge in [-0.2, -0.15) is 5.10 Å². The summed E-state index contributed by atoms with van der Waals surface area (Å²) in [6.45, 7) is 3.89. The van der Waals surface area contributed by atoms with Crippen molar-refractivity contribution in [1.29, 1.82) is 0 Å². The van der Waals surface area contributed by atoms with Crippen LogP contribution in [0.1, 0.15) is 11.5 Å². The number of rotatable bonds is 0. The number of aryl methyl sites for hydroxylation is 2. The number of fused-ring (bicyclic) bond motifs is 1. The second kappa shape index (κ2) is 2.55. The summed E-state index contributed by atoms with van der Waals surface area (Å²) in [7, 11) is 0. The minimum Gasteiger partial charge on any atom is -0.217 e. The van der Waals surface area contributed by atoms with Crippen molar-refractivity contribution in [3.63, 3.8) is 0 Å². The molecule has 0 bridgehead atoms. The summed E-state index contributed by atoms with van der Waals surface area (Å²) in [5.41, 5.74) is 1.97. The standard InChI is InChI=1S/C8H8BrN3/c1-5-7(9)3-4-8-10-6(2)11-12(5)8/h3-4H,1-2H3. The van der Waals surface area contributed by atoms with Crippen LogP contribution in [0.5, 0.6) is 0 Å². The number of aromatic nitrogens is 3. The quantitative estimate of drug-likeness (QED) is 0.688. The van der Waals surface area contributed by atoms with Gasteiger partial charge in [0.15, 0.2) is 5.65 Å². The molecule has 12 heavy (non-hydrogen) atoms. The molecule has 0 amide bonds. The molecule has 0 aliphatic rings. The van der Waals surface area contributed by atoms with E-state index in [1.807, 2.05) is 30.5 Å². The van der Waals surface area contributed by atoms with Gasteiger partial charge in [0.25, 0.3) is 0 Å². The lowest BCUT2D eigenvalue weighted by Crippen LogP contribution is -1.93. The molecule has 4 heteroatoms. The SMILES string of the molecule is Cc1nc2ccc(Br)c(C)n2n1. The van der Waals surface area contributed by atoms with Gasteiger partial charge in [0.1, 0.15) is 5.82 Å². The summed E-state index contributed by atoms with van der Waals surface area (Å²) in [5.74, 6) is 0.802. The third-order valence-electron chi connectivity index (χ3n) is 1.78. The van der Waals surface area contributed by atoms with Crippen molar-refractivity contribution in [2.24, 2.45) is 0 Å². The van der Waals surface area contributed by atoms with Gasteiger partial charge in [0.05, 0.1) is 5.69 Å².